The van der Waals surface area contributed by atoms with Crippen LogP contribution in [0.1, 0.15) is 21.5 Å². The van der Waals surface area contributed by atoms with E-state index in [-0.39, 0.29) is 17.2 Å². The first kappa shape index (κ1) is 26.5. The lowest BCUT2D eigenvalue weighted by atomic mass is 10.1. The second-order valence-electron chi connectivity index (χ2n) is 9.34. The Morgan fingerprint density at radius 1 is 0.865 bits per heavy atom. The molecule has 1 aliphatic heterocycles. The highest BCUT2D eigenvalue weighted by Crippen LogP contribution is 2.16. The summed E-state index contributed by atoms with van der Waals surface area (Å²) in [5.41, 5.74) is 2.78. The van der Waals surface area contributed by atoms with Gasteiger partial charge in [0.1, 0.15) is 6.04 Å². The van der Waals surface area contributed by atoms with Gasteiger partial charge in [-0.25, -0.2) is 8.42 Å². The summed E-state index contributed by atoms with van der Waals surface area (Å²) in [5, 5.41) is 2.80. The van der Waals surface area contributed by atoms with Crippen molar-refractivity contribution in [1.29, 1.82) is 0 Å². The number of likely N-dealkylation sites (N-methyl/N-ethyl adjacent to an activating group) is 1. The number of rotatable bonds is 8. The van der Waals surface area contributed by atoms with Crippen molar-refractivity contribution in [2.24, 2.45) is 0 Å². The average Bonchev–Trinajstić information content (AvgIpc) is 2.89. The van der Waals surface area contributed by atoms with Crippen molar-refractivity contribution in [2.45, 2.75) is 24.3 Å². The van der Waals surface area contributed by atoms with E-state index in [4.69, 9.17) is 0 Å². The first-order valence-corrected chi connectivity index (χ1v) is 13.7. The number of aryl methyl sites for hydroxylation is 1. The van der Waals surface area contributed by atoms with E-state index in [1.807, 2.05) is 49.2 Å². The van der Waals surface area contributed by atoms with Crippen molar-refractivity contribution in [3.05, 3.63) is 95.6 Å². The molecular formula is C28H32N4O4S. The molecule has 0 aromatic heterocycles. The first-order chi connectivity index (χ1) is 17.7. The van der Waals surface area contributed by atoms with Gasteiger partial charge in [-0.05, 0) is 62.4 Å². The van der Waals surface area contributed by atoms with Gasteiger partial charge in [-0.1, -0.05) is 48.0 Å². The first-order valence-electron chi connectivity index (χ1n) is 12.2. The molecule has 2 N–H and O–H groups in total. The maximum Gasteiger partial charge on any atom is 0.253 e. The molecule has 1 heterocycles. The normalized spacial score (nSPS) is 15.2. The molecule has 37 heavy (non-hydrogen) atoms. The molecule has 9 heteroatoms. The van der Waals surface area contributed by atoms with Crippen LogP contribution < -0.4 is 10.0 Å². The molecule has 1 aliphatic rings. The minimum atomic E-state index is -3.93. The number of nitrogens with zero attached hydrogens (tertiary/aromatic N) is 2. The van der Waals surface area contributed by atoms with Gasteiger partial charge in [0.15, 0.2) is 0 Å². The third-order valence-electron chi connectivity index (χ3n) is 6.42. The Balaban J connectivity index is 1.48. The summed E-state index contributed by atoms with van der Waals surface area (Å²) >= 11 is 0. The molecule has 0 spiro atoms. The van der Waals surface area contributed by atoms with Gasteiger partial charge in [0.25, 0.3) is 5.91 Å². The fourth-order valence-corrected chi connectivity index (χ4v) is 5.32. The Morgan fingerprint density at radius 3 is 2.11 bits per heavy atom. The maximum atomic E-state index is 13.3. The molecule has 2 amide bonds. The molecule has 0 radical (unpaired) electrons. The predicted molar refractivity (Wildman–Crippen MR) is 144 cm³/mol. The number of sulfonamides is 1. The van der Waals surface area contributed by atoms with Crippen LogP contribution in [0.25, 0.3) is 0 Å². The second kappa shape index (κ2) is 11.7. The molecule has 0 aliphatic carbocycles. The number of benzene rings is 3. The molecule has 4 rings (SSSR count). The van der Waals surface area contributed by atoms with Crippen molar-refractivity contribution in [3.63, 3.8) is 0 Å². The summed E-state index contributed by atoms with van der Waals surface area (Å²) in [7, 11) is -1.90. The maximum absolute atomic E-state index is 13.3. The molecule has 1 atom stereocenters. The number of carbonyl (C=O) groups is 2. The number of nitrogens with one attached hydrogen (secondary N) is 2. The van der Waals surface area contributed by atoms with Gasteiger partial charge in [0.2, 0.25) is 15.9 Å². The van der Waals surface area contributed by atoms with E-state index in [0.29, 0.717) is 24.3 Å². The topological polar surface area (TPSA) is 98.8 Å². The number of anilines is 1. The molecule has 1 unspecified atom stereocenters. The average molecular weight is 521 g/mol. The molecule has 0 bridgehead atoms. The van der Waals surface area contributed by atoms with Gasteiger partial charge < -0.3 is 15.1 Å². The third kappa shape index (κ3) is 7.03. The summed E-state index contributed by atoms with van der Waals surface area (Å²) in [6, 6.07) is 21.3. The van der Waals surface area contributed by atoms with E-state index >= 15 is 0 Å². The summed E-state index contributed by atoms with van der Waals surface area (Å²) in [4.78, 5) is 30.2. The fourth-order valence-electron chi connectivity index (χ4n) is 4.13. The Hall–Kier alpha value is -3.53. The van der Waals surface area contributed by atoms with Gasteiger partial charge in [-0.2, -0.15) is 4.72 Å². The Labute approximate surface area is 218 Å². The molecule has 3 aromatic carbocycles. The van der Waals surface area contributed by atoms with Gasteiger partial charge in [-0.3, -0.25) is 9.59 Å². The molecule has 1 saturated heterocycles. The zero-order chi connectivity index (χ0) is 26.4. The predicted octanol–water partition coefficient (Wildman–Crippen LogP) is 2.91. The minimum Gasteiger partial charge on any atom is -0.336 e. The van der Waals surface area contributed by atoms with Crippen LogP contribution in [0, 0.1) is 6.92 Å². The Kier molecular flexibility index (Phi) is 8.38. The van der Waals surface area contributed by atoms with E-state index in [1.54, 1.807) is 36.4 Å². The lowest BCUT2D eigenvalue weighted by Crippen LogP contribution is -2.47. The highest BCUT2D eigenvalue weighted by atomic mass is 32.2. The van der Waals surface area contributed by atoms with E-state index < -0.39 is 22.0 Å². The molecule has 3 aromatic rings. The summed E-state index contributed by atoms with van der Waals surface area (Å²) in [6.07, 6.45) is 0.178. The largest absolute Gasteiger partial charge is 0.336 e. The lowest BCUT2D eigenvalue weighted by Gasteiger charge is -2.32. The molecule has 194 valence electrons. The van der Waals surface area contributed by atoms with Gasteiger partial charge in [0.05, 0.1) is 4.90 Å². The molecule has 1 fully saturated rings. The van der Waals surface area contributed by atoms with Crippen LogP contribution in [-0.2, 0) is 21.2 Å². The monoisotopic (exact) mass is 520 g/mol. The standard InChI is InChI=1S/C28H32N4O4S/c1-21-8-14-25(15-9-21)37(35,36)30-26(20-22-6-4-3-5-7-22)27(33)29-24-12-10-23(11-13-24)28(34)32-18-16-31(2)17-19-32/h3-15,26,30H,16-20H2,1-2H3,(H,29,33). The van der Waals surface area contributed by atoms with Gasteiger partial charge in [-0.15, -0.1) is 0 Å². The fraction of sp³-hybridized carbons (Fsp3) is 0.286. The third-order valence-corrected chi connectivity index (χ3v) is 7.91. The molecule has 0 saturated carbocycles. The summed E-state index contributed by atoms with van der Waals surface area (Å²) in [6.45, 7) is 4.90. The SMILES string of the molecule is Cc1ccc(S(=O)(=O)NC(Cc2ccccc2)C(=O)Nc2ccc(C(=O)N3CCN(C)CC3)cc2)cc1. The van der Waals surface area contributed by atoms with Gasteiger partial charge >= 0.3 is 0 Å². The number of hydrogen-bond acceptors (Lipinski definition) is 5. The van der Waals surface area contributed by atoms with Crippen molar-refractivity contribution in [2.75, 3.05) is 38.5 Å². The quantitative estimate of drug-likeness (QED) is 0.476. The molecular weight excluding hydrogens is 488 g/mol. The molecule has 8 nitrogen and oxygen atoms in total. The second-order valence-corrected chi connectivity index (χ2v) is 11.1. The van der Waals surface area contributed by atoms with Crippen LogP contribution >= 0.6 is 0 Å². The van der Waals surface area contributed by atoms with Gasteiger partial charge in [0, 0.05) is 37.4 Å². The zero-order valence-corrected chi connectivity index (χ0v) is 21.9. The Morgan fingerprint density at radius 2 is 1.49 bits per heavy atom. The van der Waals surface area contributed by atoms with Crippen molar-refractivity contribution in [1.82, 2.24) is 14.5 Å². The van der Waals surface area contributed by atoms with Crippen molar-refractivity contribution < 1.29 is 18.0 Å². The Bertz CT molecular complexity index is 1320. The van der Waals surface area contributed by atoms with Crippen LogP contribution in [0.5, 0.6) is 0 Å². The van der Waals surface area contributed by atoms with Crippen molar-refractivity contribution in [3.8, 4) is 0 Å². The number of hydrogen-bond donors (Lipinski definition) is 2. The van der Waals surface area contributed by atoms with Crippen molar-refractivity contribution >= 4 is 27.5 Å². The zero-order valence-electron chi connectivity index (χ0n) is 21.1. The van der Waals surface area contributed by atoms with E-state index in [2.05, 4.69) is 14.9 Å². The highest BCUT2D eigenvalue weighted by Gasteiger charge is 2.26. The summed E-state index contributed by atoms with van der Waals surface area (Å²) in [5.74, 6) is -0.531. The minimum absolute atomic E-state index is 0.0428. The van der Waals surface area contributed by atoms with Crippen LogP contribution in [0.15, 0.2) is 83.8 Å². The van der Waals surface area contributed by atoms with Crippen LogP contribution in [0.4, 0.5) is 5.69 Å². The van der Waals surface area contributed by atoms with E-state index in [9.17, 15) is 18.0 Å². The van der Waals surface area contributed by atoms with Crippen LogP contribution in [0.3, 0.4) is 0 Å². The smallest absolute Gasteiger partial charge is 0.253 e. The van der Waals surface area contributed by atoms with Crippen LogP contribution in [0.2, 0.25) is 0 Å². The lowest BCUT2D eigenvalue weighted by molar-refractivity contribution is -0.117. The van der Waals surface area contributed by atoms with E-state index in [0.717, 1.165) is 24.2 Å². The number of amides is 2. The number of piperazine rings is 1. The van der Waals surface area contributed by atoms with Crippen LogP contribution in [-0.4, -0.2) is 69.3 Å². The summed E-state index contributed by atoms with van der Waals surface area (Å²) < 4.78 is 28.7. The highest BCUT2D eigenvalue weighted by molar-refractivity contribution is 7.89. The van der Waals surface area contributed by atoms with E-state index in [1.165, 1.54) is 12.1 Å². The number of carbonyl (C=O) groups excluding carboxylic acids is 2.